The molecule has 0 unspecified atom stereocenters. The summed E-state index contributed by atoms with van der Waals surface area (Å²) in [6, 6.07) is 10.2. The van der Waals surface area contributed by atoms with Gasteiger partial charge in [0, 0.05) is 19.3 Å². The van der Waals surface area contributed by atoms with E-state index >= 15 is 0 Å². The van der Waals surface area contributed by atoms with Crippen molar-refractivity contribution >= 4 is 50.5 Å². The number of halogens is 1. The molecule has 1 aromatic carbocycles. The van der Waals surface area contributed by atoms with E-state index in [9.17, 15) is 13.2 Å². The van der Waals surface area contributed by atoms with Gasteiger partial charge in [0.15, 0.2) is 5.16 Å². The second-order valence-electron chi connectivity index (χ2n) is 7.39. The van der Waals surface area contributed by atoms with E-state index in [2.05, 4.69) is 10.3 Å². The van der Waals surface area contributed by atoms with E-state index in [1.807, 2.05) is 28.8 Å². The zero-order valence-corrected chi connectivity index (χ0v) is 19.4. The Labute approximate surface area is 190 Å². The summed E-state index contributed by atoms with van der Waals surface area (Å²) in [5.41, 5.74) is 1.22. The predicted molar refractivity (Wildman–Crippen MR) is 123 cm³/mol. The number of fused-ring (bicyclic) bond motifs is 1. The number of nitrogens with zero attached hydrogens (tertiary/aromatic N) is 3. The Kier molecular flexibility index (Phi) is 6.57. The lowest BCUT2D eigenvalue weighted by Crippen LogP contribution is -2.35. The van der Waals surface area contributed by atoms with Gasteiger partial charge >= 0.3 is 0 Å². The standard InChI is InChI=1S/C21H23ClN4O3S2/c1-15(30-21-23-14-16-7-3-6-12-26(16)21)20(27)24-19-13-17(8-9-18(19)22)31(28,29)25-10-4-2-5-11-25/h3,6-9,12-15H,2,4-5,10-11H2,1H3,(H,24,27)/t15-/m1/s1. The van der Waals surface area contributed by atoms with Gasteiger partial charge in [0.05, 0.1) is 32.6 Å². The molecule has 0 radical (unpaired) electrons. The number of carbonyl (C=O) groups excluding carboxylic acids is 1. The summed E-state index contributed by atoms with van der Waals surface area (Å²) in [5.74, 6) is -0.285. The van der Waals surface area contributed by atoms with Gasteiger partial charge in [-0.05, 0) is 50.1 Å². The van der Waals surface area contributed by atoms with E-state index in [1.54, 1.807) is 13.1 Å². The first-order valence-corrected chi connectivity index (χ1v) is 12.8. The van der Waals surface area contributed by atoms with Gasteiger partial charge in [-0.3, -0.25) is 9.20 Å². The van der Waals surface area contributed by atoms with Crippen LogP contribution in [0.3, 0.4) is 0 Å². The minimum Gasteiger partial charge on any atom is -0.324 e. The Balaban J connectivity index is 1.50. The molecule has 0 aliphatic carbocycles. The molecule has 1 saturated heterocycles. The lowest BCUT2D eigenvalue weighted by Gasteiger charge is -2.26. The zero-order chi connectivity index (χ0) is 22.0. The first-order chi connectivity index (χ1) is 14.9. The van der Waals surface area contributed by atoms with Gasteiger partial charge in [0.2, 0.25) is 15.9 Å². The largest absolute Gasteiger partial charge is 0.324 e. The first kappa shape index (κ1) is 22.1. The molecule has 164 valence electrons. The molecule has 10 heteroatoms. The van der Waals surface area contributed by atoms with Crippen molar-refractivity contribution in [2.24, 2.45) is 0 Å². The maximum Gasteiger partial charge on any atom is 0.243 e. The van der Waals surface area contributed by atoms with Crippen LogP contribution in [0.4, 0.5) is 5.69 Å². The van der Waals surface area contributed by atoms with E-state index in [0.29, 0.717) is 18.2 Å². The summed E-state index contributed by atoms with van der Waals surface area (Å²) >= 11 is 7.57. The molecule has 1 aliphatic heterocycles. The minimum absolute atomic E-state index is 0.133. The van der Waals surface area contributed by atoms with Crippen molar-refractivity contribution in [1.82, 2.24) is 13.7 Å². The van der Waals surface area contributed by atoms with E-state index in [-0.39, 0.29) is 21.5 Å². The lowest BCUT2D eigenvalue weighted by atomic mass is 10.2. The highest BCUT2D eigenvalue weighted by Crippen LogP contribution is 2.30. The van der Waals surface area contributed by atoms with Gasteiger partial charge in [0.25, 0.3) is 0 Å². The SMILES string of the molecule is C[C@@H](Sc1ncc2ccccn12)C(=O)Nc1cc(S(=O)(=O)N2CCCCC2)ccc1Cl. The normalized spacial score (nSPS) is 16.3. The summed E-state index contributed by atoms with van der Waals surface area (Å²) in [5, 5.41) is 3.29. The molecule has 4 rings (SSSR count). The molecule has 31 heavy (non-hydrogen) atoms. The maximum atomic E-state index is 13.0. The van der Waals surface area contributed by atoms with Crippen molar-refractivity contribution in [2.75, 3.05) is 18.4 Å². The van der Waals surface area contributed by atoms with Crippen LogP contribution < -0.4 is 5.32 Å². The van der Waals surface area contributed by atoms with Crippen molar-refractivity contribution < 1.29 is 13.2 Å². The number of imidazole rings is 1. The number of carbonyl (C=O) groups is 1. The summed E-state index contributed by atoms with van der Waals surface area (Å²) in [7, 11) is -3.62. The van der Waals surface area contributed by atoms with Gasteiger partial charge < -0.3 is 5.32 Å². The number of aromatic nitrogens is 2. The van der Waals surface area contributed by atoms with Crippen molar-refractivity contribution in [2.45, 2.75) is 41.5 Å². The highest BCUT2D eigenvalue weighted by atomic mass is 35.5. The van der Waals surface area contributed by atoms with Gasteiger partial charge in [-0.1, -0.05) is 35.9 Å². The van der Waals surface area contributed by atoms with Crippen molar-refractivity contribution in [3.8, 4) is 0 Å². The fourth-order valence-electron chi connectivity index (χ4n) is 3.47. The average molecular weight is 479 g/mol. The number of benzene rings is 1. The molecule has 0 saturated carbocycles. The van der Waals surface area contributed by atoms with E-state index < -0.39 is 15.3 Å². The summed E-state index contributed by atoms with van der Waals surface area (Å²) in [6.45, 7) is 2.80. The number of piperidine rings is 1. The Morgan fingerprint density at radius 2 is 1.97 bits per heavy atom. The lowest BCUT2D eigenvalue weighted by molar-refractivity contribution is -0.115. The fourth-order valence-corrected chi connectivity index (χ4v) is 6.05. The highest BCUT2D eigenvalue weighted by Gasteiger charge is 2.27. The number of hydrogen-bond acceptors (Lipinski definition) is 5. The summed E-state index contributed by atoms with van der Waals surface area (Å²) < 4.78 is 29.3. The molecular formula is C21H23ClN4O3S2. The first-order valence-electron chi connectivity index (χ1n) is 10.1. The summed E-state index contributed by atoms with van der Waals surface area (Å²) in [4.78, 5) is 17.3. The Morgan fingerprint density at radius 3 is 2.74 bits per heavy atom. The van der Waals surface area contributed by atoms with Crippen LogP contribution in [-0.4, -0.2) is 46.4 Å². The molecule has 7 nitrogen and oxygen atoms in total. The maximum absolute atomic E-state index is 13.0. The van der Waals surface area contributed by atoms with E-state index in [4.69, 9.17) is 11.6 Å². The van der Waals surface area contributed by atoms with Crippen molar-refractivity contribution in [3.63, 3.8) is 0 Å². The minimum atomic E-state index is -3.62. The van der Waals surface area contributed by atoms with Crippen molar-refractivity contribution in [3.05, 3.63) is 53.8 Å². The molecule has 1 aliphatic rings. The monoisotopic (exact) mass is 478 g/mol. The fraction of sp³-hybridized carbons (Fsp3) is 0.333. The quantitative estimate of drug-likeness (QED) is 0.534. The van der Waals surface area contributed by atoms with Gasteiger partial charge in [0.1, 0.15) is 0 Å². The number of amides is 1. The van der Waals surface area contributed by atoms with Crippen LogP contribution in [0.25, 0.3) is 5.52 Å². The Hall–Kier alpha value is -2.07. The number of thioether (sulfide) groups is 1. The van der Waals surface area contributed by atoms with Crippen LogP contribution in [-0.2, 0) is 14.8 Å². The van der Waals surface area contributed by atoms with E-state index in [0.717, 1.165) is 24.8 Å². The second kappa shape index (κ2) is 9.20. The van der Waals surface area contributed by atoms with Crippen LogP contribution in [0.5, 0.6) is 0 Å². The van der Waals surface area contributed by atoms with Crippen LogP contribution in [0.1, 0.15) is 26.2 Å². The Morgan fingerprint density at radius 1 is 1.19 bits per heavy atom. The molecule has 2 aromatic heterocycles. The van der Waals surface area contributed by atoms with Gasteiger partial charge in [-0.15, -0.1) is 0 Å². The molecule has 1 fully saturated rings. The Bertz CT molecular complexity index is 1210. The van der Waals surface area contributed by atoms with Crippen LogP contribution in [0.2, 0.25) is 5.02 Å². The summed E-state index contributed by atoms with van der Waals surface area (Å²) in [6.07, 6.45) is 6.39. The number of sulfonamides is 1. The smallest absolute Gasteiger partial charge is 0.243 e. The second-order valence-corrected chi connectivity index (χ2v) is 11.0. The van der Waals surface area contributed by atoms with Crippen LogP contribution in [0, 0.1) is 0 Å². The molecule has 1 N–H and O–H groups in total. The zero-order valence-electron chi connectivity index (χ0n) is 17.0. The molecule has 1 atom stereocenters. The third-order valence-corrected chi connectivity index (χ3v) is 8.51. The molecule has 0 bridgehead atoms. The number of nitrogens with one attached hydrogen (secondary N) is 1. The van der Waals surface area contributed by atoms with Gasteiger partial charge in [-0.25, -0.2) is 13.4 Å². The third-order valence-electron chi connectivity index (χ3n) is 5.20. The molecule has 0 spiro atoms. The van der Waals surface area contributed by atoms with Crippen LogP contribution in [0.15, 0.2) is 58.8 Å². The van der Waals surface area contributed by atoms with Crippen LogP contribution >= 0.6 is 23.4 Å². The van der Waals surface area contributed by atoms with E-state index in [1.165, 1.54) is 34.3 Å². The number of hydrogen-bond donors (Lipinski definition) is 1. The topological polar surface area (TPSA) is 83.8 Å². The average Bonchev–Trinajstić information content (AvgIpc) is 3.18. The predicted octanol–water partition coefficient (Wildman–Crippen LogP) is 4.28. The number of rotatable bonds is 6. The van der Waals surface area contributed by atoms with Gasteiger partial charge in [-0.2, -0.15) is 4.31 Å². The molecular weight excluding hydrogens is 456 g/mol. The molecule has 1 amide bonds. The van der Waals surface area contributed by atoms with Crippen molar-refractivity contribution in [1.29, 1.82) is 0 Å². The molecule has 3 heterocycles. The molecule has 3 aromatic rings. The third kappa shape index (κ3) is 4.74. The number of pyridine rings is 1. The number of anilines is 1. The highest BCUT2D eigenvalue weighted by molar-refractivity contribution is 8.00.